The van der Waals surface area contributed by atoms with Crippen LogP contribution in [0.3, 0.4) is 0 Å². The Bertz CT molecular complexity index is 661. The van der Waals surface area contributed by atoms with E-state index in [2.05, 4.69) is 0 Å². The molecule has 1 aromatic rings. The molecule has 0 radical (unpaired) electrons. The van der Waals surface area contributed by atoms with Crippen molar-refractivity contribution in [3.63, 3.8) is 0 Å². The summed E-state index contributed by atoms with van der Waals surface area (Å²) in [5.41, 5.74) is 1.25. The highest BCUT2D eigenvalue weighted by molar-refractivity contribution is 6.62. The van der Waals surface area contributed by atoms with Gasteiger partial charge in [-0.2, -0.15) is 0 Å². The van der Waals surface area contributed by atoms with Gasteiger partial charge in [0.05, 0.1) is 11.2 Å². The van der Waals surface area contributed by atoms with Crippen LogP contribution in [-0.4, -0.2) is 30.0 Å². The summed E-state index contributed by atoms with van der Waals surface area (Å²) in [6, 6.07) is 5.35. The van der Waals surface area contributed by atoms with Crippen molar-refractivity contribution in [2.75, 3.05) is 0 Å². The van der Waals surface area contributed by atoms with E-state index in [1.807, 2.05) is 40.7 Å². The Labute approximate surface area is 141 Å². The summed E-state index contributed by atoms with van der Waals surface area (Å²) in [6.07, 6.45) is -0.686. The van der Waals surface area contributed by atoms with Crippen LogP contribution >= 0.6 is 0 Å². The predicted molar refractivity (Wildman–Crippen MR) is 88.9 cm³/mol. The Hall–Kier alpha value is -1.27. The van der Waals surface area contributed by atoms with Gasteiger partial charge in [0, 0.05) is 24.3 Å². The van der Waals surface area contributed by atoms with Gasteiger partial charge in [-0.3, -0.25) is 4.79 Å². The maximum atomic E-state index is 13.0. The van der Waals surface area contributed by atoms with E-state index in [4.69, 9.17) is 9.31 Å². The Kier molecular flexibility index (Phi) is 3.92. The van der Waals surface area contributed by atoms with Gasteiger partial charge >= 0.3 is 7.12 Å². The first-order valence-corrected chi connectivity index (χ1v) is 8.30. The lowest BCUT2D eigenvalue weighted by molar-refractivity contribution is -0.0982. The van der Waals surface area contributed by atoms with Gasteiger partial charge < -0.3 is 9.31 Å². The molecule has 0 atom stereocenters. The van der Waals surface area contributed by atoms with Crippen molar-refractivity contribution in [3.8, 4) is 0 Å². The first kappa shape index (κ1) is 17.6. The first-order valence-electron chi connectivity index (χ1n) is 8.30. The summed E-state index contributed by atoms with van der Waals surface area (Å²) in [5, 5.41) is 0. The summed E-state index contributed by atoms with van der Waals surface area (Å²) < 4.78 is 38.0. The number of aryl methyl sites for hydroxylation is 1. The van der Waals surface area contributed by atoms with E-state index in [1.165, 1.54) is 0 Å². The Balaban J connectivity index is 1.78. The van der Waals surface area contributed by atoms with Gasteiger partial charge in [-0.1, -0.05) is 18.2 Å². The highest BCUT2D eigenvalue weighted by Gasteiger charge is 2.52. The smallest absolute Gasteiger partial charge is 0.399 e. The molecule has 1 saturated carbocycles. The SMILES string of the molecule is Cc1cc(B2OC(C)(C)C(C)(C)O2)ccc1C(=O)C1CC(F)(F)C1. The average molecular weight is 336 g/mol. The molecule has 1 saturated heterocycles. The lowest BCUT2D eigenvalue weighted by Gasteiger charge is -2.34. The Morgan fingerprint density at radius 2 is 1.67 bits per heavy atom. The minimum Gasteiger partial charge on any atom is -0.399 e. The van der Waals surface area contributed by atoms with Crippen LogP contribution in [0.25, 0.3) is 0 Å². The van der Waals surface area contributed by atoms with E-state index >= 15 is 0 Å². The van der Waals surface area contributed by atoms with E-state index in [1.54, 1.807) is 12.1 Å². The van der Waals surface area contributed by atoms with Crippen LogP contribution in [0, 0.1) is 12.8 Å². The topological polar surface area (TPSA) is 35.5 Å². The van der Waals surface area contributed by atoms with Gasteiger partial charge in [-0.05, 0) is 45.6 Å². The van der Waals surface area contributed by atoms with Crippen LogP contribution in [0.4, 0.5) is 8.78 Å². The predicted octanol–water partition coefficient (Wildman–Crippen LogP) is 3.52. The minimum atomic E-state index is -2.68. The molecule has 2 aliphatic rings. The highest BCUT2D eigenvalue weighted by Crippen LogP contribution is 2.44. The number of ketones is 1. The molecule has 3 rings (SSSR count). The maximum Gasteiger partial charge on any atom is 0.494 e. The van der Waals surface area contributed by atoms with Crippen molar-refractivity contribution < 1.29 is 22.9 Å². The fourth-order valence-electron chi connectivity index (χ4n) is 3.16. The second-order valence-electron chi connectivity index (χ2n) is 7.99. The summed E-state index contributed by atoms with van der Waals surface area (Å²) in [6.45, 7) is 9.74. The third-order valence-corrected chi connectivity index (χ3v) is 5.50. The van der Waals surface area contributed by atoms with Crippen molar-refractivity contribution >= 4 is 18.4 Å². The van der Waals surface area contributed by atoms with Crippen molar-refractivity contribution in [3.05, 3.63) is 29.3 Å². The quantitative estimate of drug-likeness (QED) is 0.626. The monoisotopic (exact) mass is 336 g/mol. The van der Waals surface area contributed by atoms with Crippen LogP contribution in [0.1, 0.15) is 56.5 Å². The summed E-state index contributed by atoms with van der Waals surface area (Å²) in [7, 11) is -0.495. The fraction of sp³-hybridized carbons (Fsp3) is 0.611. The second-order valence-corrected chi connectivity index (χ2v) is 7.99. The number of carbonyl (C=O) groups is 1. The fourth-order valence-corrected chi connectivity index (χ4v) is 3.16. The molecule has 0 bridgehead atoms. The van der Waals surface area contributed by atoms with Crippen LogP contribution in [0.15, 0.2) is 18.2 Å². The molecule has 1 heterocycles. The molecule has 1 aromatic carbocycles. The number of hydrogen-bond donors (Lipinski definition) is 0. The minimum absolute atomic E-state index is 0.195. The molecule has 24 heavy (non-hydrogen) atoms. The Morgan fingerprint density at radius 3 is 2.12 bits per heavy atom. The Morgan fingerprint density at radius 1 is 1.12 bits per heavy atom. The van der Waals surface area contributed by atoms with Gasteiger partial charge in [0.1, 0.15) is 0 Å². The average Bonchev–Trinajstić information content (AvgIpc) is 2.64. The number of benzene rings is 1. The highest BCUT2D eigenvalue weighted by atomic mass is 19.3. The zero-order valence-electron chi connectivity index (χ0n) is 14.8. The number of alkyl halides is 2. The zero-order chi connectivity index (χ0) is 17.9. The largest absolute Gasteiger partial charge is 0.494 e. The molecule has 0 unspecified atom stereocenters. The lowest BCUT2D eigenvalue weighted by Crippen LogP contribution is -2.41. The van der Waals surface area contributed by atoms with Gasteiger partial charge in [0.25, 0.3) is 0 Å². The number of halogens is 2. The summed E-state index contributed by atoms with van der Waals surface area (Å²) in [5.74, 6) is -3.45. The normalized spacial score (nSPS) is 24.7. The molecule has 3 nitrogen and oxygen atoms in total. The molecular weight excluding hydrogens is 313 g/mol. The molecule has 1 aliphatic carbocycles. The second kappa shape index (κ2) is 5.36. The molecule has 1 aliphatic heterocycles. The summed E-state index contributed by atoms with van der Waals surface area (Å²) >= 11 is 0. The molecule has 0 aromatic heterocycles. The van der Waals surface area contributed by atoms with E-state index in [9.17, 15) is 13.6 Å². The lowest BCUT2D eigenvalue weighted by atomic mass is 9.74. The van der Waals surface area contributed by atoms with E-state index < -0.39 is 30.2 Å². The molecule has 130 valence electrons. The van der Waals surface area contributed by atoms with Gasteiger partial charge in [0.2, 0.25) is 5.92 Å². The zero-order valence-corrected chi connectivity index (χ0v) is 14.8. The molecule has 0 amide bonds. The van der Waals surface area contributed by atoms with Crippen LogP contribution in [-0.2, 0) is 9.31 Å². The molecule has 0 spiro atoms. The number of carbonyl (C=O) groups excluding carboxylic acids is 1. The van der Waals surface area contributed by atoms with Crippen LogP contribution in [0.2, 0.25) is 0 Å². The molecule has 6 heteroatoms. The standard InChI is InChI=1S/C18H23BF2O3/c1-11-8-13(19-23-16(2,3)17(4,5)24-19)6-7-14(11)15(22)12-9-18(20,21)10-12/h6-8,12H,9-10H2,1-5H3. The number of Topliss-reactive ketones (excluding diaryl/α,β-unsaturated/α-hetero) is 1. The maximum absolute atomic E-state index is 13.0. The number of rotatable bonds is 3. The molecule has 0 N–H and O–H groups in total. The van der Waals surface area contributed by atoms with Crippen molar-refractivity contribution in [2.24, 2.45) is 5.92 Å². The van der Waals surface area contributed by atoms with Crippen molar-refractivity contribution in [1.82, 2.24) is 0 Å². The molecule has 2 fully saturated rings. The van der Waals surface area contributed by atoms with E-state index in [0.717, 1.165) is 11.0 Å². The van der Waals surface area contributed by atoms with E-state index in [0.29, 0.717) is 5.56 Å². The van der Waals surface area contributed by atoms with Gasteiger partial charge in [-0.15, -0.1) is 0 Å². The number of hydrogen-bond acceptors (Lipinski definition) is 3. The first-order chi connectivity index (χ1) is 10.9. The van der Waals surface area contributed by atoms with Crippen LogP contribution < -0.4 is 5.46 Å². The van der Waals surface area contributed by atoms with Crippen molar-refractivity contribution in [2.45, 2.75) is 64.6 Å². The third-order valence-electron chi connectivity index (χ3n) is 5.50. The molecular formula is C18H23BF2O3. The third kappa shape index (κ3) is 2.90. The van der Waals surface area contributed by atoms with Gasteiger partial charge in [-0.25, -0.2) is 8.78 Å². The van der Waals surface area contributed by atoms with E-state index in [-0.39, 0.29) is 18.6 Å². The van der Waals surface area contributed by atoms with Crippen molar-refractivity contribution in [1.29, 1.82) is 0 Å². The summed E-state index contributed by atoms with van der Waals surface area (Å²) in [4.78, 5) is 12.4. The van der Waals surface area contributed by atoms with Crippen LogP contribution in [0.5, 0.6) is 0 Å². The van der Waals surface area contributed by atoms with Gasteiger partial charge in [0.15, 0.2) is 5.78 Å².